The second kappa shape index (κ2) is 6.95. The molecule has 0 aliphatic rings. The minimum atomic E-state index is -0.627. The van der Waals surface area contributed by atoms with Crippen molar-refractivity contribution in [3.8, 4) is 5.75 Å². The van der Waals surface area contributed by atoms with Crippen LogP contribution in [0.25, 0.3) is 0 Å². The van der Waals surface area contributed by atoms with Crippen LogP contribution in [-0.4, -0.2) is 18.9 Å². The van der Waals surface area contributed by atoms with E-state index in [9.17, 15) is 4.79 Å². The fraction of sp³-hybridized carbons (Fsp3) is 0.125. The number of carbonyl (C=O) groups is 1. The Morgan fingerprint density at radius 3 is 2.36 bits per heavy atom. The SMILES string of the molecule is COc1ccc(/C(N)=N/OC(=O)c2ccc(C)c(Cl)c2)cc1. The summed E-state index contributed by atoms with van der Waals surface area (Å²) in [6.45, 7) is 1.84. The molecular formula is C16H15ClN2O3. The van der Waals surface area contributed by atoms with Crippen LogP contribution < -0.4 is 10.5 Å². The molecule has 0 bridgehead atoms. The number of aryl methyl sites for hydroxylation is 1. The zero-order chi connectivity index (χ0) is 16.1. The molecule has 0 aliphatic carbocycles. The number of halogens is 1. The number of nitrogens with zero attached hydrogens (tertiary/aromatic N) is 1. The van der Waals surface area contributed by atoms with Gasteiger partial charge in [0.2, 0.25) is 0 Å². The van der Waals surface area contributed by atoms with E-state index < -0.39 is 5.97 Å². The molecule has 6 heteroatoms. The molecule has 0 amide bonds. The van der Waals surface area contributed by atoms with Gasteiger partial charge in [-0.15, -0.1) is 0 Å². The number of methoxy groups -OCH3 is 1. The van der Waals surface area contributed by atoms with E-state index in [2.05, 4.69) is 5.16 Å². The lowest BCUT2D eigenvalue weighted by Gasteiger charge is -2.04. The molecule has 2 rings (SSSR count). The van der Waals surface area contributed by atoms with Crippen LogP contribution in [0.5, 0.6) is 5.75 Å². The first-order valence-electron chi connectivity index (χ1n) is 6.46. The highest BCUT2D eigenvalue weighted by molar-refractivity contribution is 6.31. The molecule has 0 spiro atoms. The third-order valence-electron chi connectivity index (χ3n) is 3.02. The van der Waals surface area contributed by atoms with Crippen molar-refractivity contribution in [2.75, 3.05) is 7.11 Å². The number of ether oxygens (including phenoxy) is 1. The highest BCUT2D eigenvalue weighted by Crippen LogP contribution is 2.17. The summed E-state index contributed by atoms with van der Waals surface area (Å²) in [6, 6.07) is 11.8. The van der Waals surface area contributed by atoms with Gasteiger partial charge in [0.05, 0.1) is 12.7 Å². The van der Waals surface area contributed by atoms with Gasteiger partial charge in [-0.1, -0.05) is 22.8 Å². The predicted octanol–water partition coefficient (Wildman–Crippen LogP) is 3.13. The summed E-state index contributed by atoms with van der Waals surface area (Å²) >= 11 is 5.96. The molecule has 0 aromatic heterocycles. The Kier molecular flexibility index (Phi) is 5.01. The van der Waals surface area contributed by atoms with Crippen molar-refractivity contribution in [1.82, 2.24) is 0 Å². The van der Waals surface area contributed by atoms with Crippen molar-refractivity contribution in [3.63, 3.8) is 0 Å². The number of hydrogen-bond acceptors (Lipinski definition) is 4. The summed E-state index contributed by atoms with van der Waals surface area (Å²) in [5.74, 6) is 0.162. The van der Waals surface area contributed by atoms with E-state index in [1.165, 1.54) is 6.07 Å². The molecule has 5 nitrogen and oxygen atoms in total. The minimum Gasteiger partial charge on any atom is -0.497 e. The first-order valence-corrected chi connectivity index (χ1v) is 6.84. The minimum absolute atomic E-state index is 0.0919. The van der Waals surface area contributed by atoms with Crippen LogP contribution in [0.2, 0.25) is 5.02 Å². The van der Waals surface area contributed by atoms with Gasteiger partial charge < -0.3 is 15.3 Å². The lowest BCUT2D eigenvalue weighted by molar-refractivity contribution is 0.0516. The normalized spacial score (nSPS) is 11.1. The second-order valence-electron chi connectivity index (χ2n) is 4.55. The summed E-state index contributed by atoms with van der Waals surface area (Å²) in [4.78, 5) is 16.7. The zero-order valence-electron chi connectivity index (χ0n) is 12.2. The molecule has 0 heterocycles. The monoisotopic (exact) mass is 318 g/mol. The van der Waals surface area contributed by atoms with E-state index in [1.54, 1.807) is 43.5 Å². The van der Waals surface area contributed by atoms with E-state index in [4.69, 9.17) is 26.9 Å². The molecule has 0 saturated heterocycles. The predicted molar refractivity (Wildman–Crippen MR) is 85.3 cm³/mol. The van der Waals surface area contributed by atoms with Gasteiger partial charge in [0, 0.05) is 10.6 Å². The van der Waals surface area contributed by atoms with Crippen molar-refractivity contribution >= 4 is 23.4 Å². The Labute approximate surface area is 133 Å². The van der Waals surface area contributed by atoms with Crippen molar-refractivity contribution in [3.05, 3.63) is 64.2 Å². The number of rotatable bonds is 4. The van der Waals surface area contributed by atoms with E-state index in [0.29, 0.717) is 21.9 Å². The number of hydrogen-bond donors (Lipinski definition) is 1. The maximum Gasteiger partial charge on any atom is 0.365 e. The van der Waals surface area contributed by atoms with Crippen LogP contribution >= 0.6 is 11.6 Å². The number of amidine groups is 1. The van der Waals surface area contributed by atoms with Crippen molar-refractivity contribution in [1.29, 1.82) is 0 Å². The molecular weight excluding hydrogens is 304 g/mol. The molecule has 0 fully saturated rings. The lowest BCUT2D eigenvalue weighted by atomic mass is 10.1. The average molecular weight is 319 g/mol. The lowest BCUT2D eigenvalue weighted by Crippen LogP contribution is -2.15. The van der Waals surface area contributed by atoms with Crippen LogP contribution in [-0.2, 0) is 4.84 Å². The van der Waals surface area contributed by atoms with Crippen LogP contribution in [0.3, 0.4) is 0 Å². The number of nitrogens with two attached hydrogens (primary N) is 1. The van der Waals surface area contributed by atoms with E-state index in [-0.39, 0.29) is 5.84 Å². The maximum absolute atomic E-state index is 11.9. The van der Waals surface area contributed by atoms with Crippen LogP contribution in [0.15, 0.2) is 47.6 Å². The second-order valence-corrected chi connectivity index (χ2v) is 4.95. The summed E-state index contributed by atoms with van der Waals surface area (Å²) in [5.41, 5.74) is 7.58. The van der Waals surface area contributed by atoms with Gasteiger partial charge in [-0.05, 0) is 48.9 Å². The molecule has 0 unspecified atom stereocenters. The molecule has 2 aromatic carbocycles. The third-order valence-corrected chi connectivity index (χ3v) is 3.43. The van der Waals surface area contributed by atoms with Gasteiger partial charge in [-0.2, -0.15) is 0 Å². The van der Waals surface area contributed by atoms with Gasteiger partial charge in [-0.3, -0.25) is 0 Å². The topological polar surface area (TPSA) is 73.9 Å². The molecule has 22 heavy (non-hydrogen) atoms. The van der Waals surface area contributed by atoms with Gasteiger partial charge in [0.25, 0.3) is 0 Å². The summed E-state index contributed by atoms with van der Waals surface area (Å²) < 4.78 is 5.05. The van der Waals surface area contributed by atoms with Crippen molar-refractivity contribution < 1.29 is 14.4 Å². The van der Waals surface area contributed by atoms with E-state index in [0.717, 1.165) is 5.56 Å². The first-order chi connectivity index (χ1) is 10.5. The highest BCUT2D eigenvalue weighted by Gasteiger charge is 2.09. The highest BCUT2D eigenvalue weighted by atomic mass is 35.5. The largest absolute Gasteiger partial charge is 0.497 e. The van der Waals surface area contributed by atoms with Crippen molar-refractivity contribution in [2.24, 2.45) is 10.9 Å². The van der Waals surface area contributed by atoms with Crippen LogP contribution in [0, 0.1) is 6.92 Å². The standard InChI is InChI=1S/C16H15ClN2O3/c1-10-3-4-12(9-14(10)17)16(20)22-19-15(18)11-5-7-13(21-2)8-6-11/h3-9H,1-2H3,(H2,18,19). The van der Waals surface area contributed by atoms with Crippen LogP contribution in [0.1, 0.15) is 21.5 Å². The number of oxime groups is 1. The molecule has 2 aromatic rings. The zero-order valence-corrected chi connectivity index (χ0v) is 12.9. The Bertz CT molecular complexity index is 712. The average Bonchev–Trinajstić information content (AvgIpc) is 2.54. The molecule has 0 atom stereocenters. The van der Waals surface area contributed by atoms with Gasteiger partial charge in [0.1, 0.15) is 5.75 Å². The van der Waals surface area contributed by atoms with Gasteiger partial charge in [-0.25, -0.2) is 4.79 Å². The molecule has 114 valence electrons. The molecule has 0 aliphatic heterocycles. The van der Waals surface area contributed by atoms with E-state index in [1.807, 2.05) is 6.92 Å². The Morgan fingerprint density at radius 2 is 1.77 bits per heavy atom. The van der Waals surface area contributed by atoms with Crippen molar-refractivity contribution in [2.45, 2.75) is 6.92 Å². The summed E-state index contributed by atoms with van der Waals surface area (Å²) in [6.07, 6.45) is 0. The molecule has 0 saturated carbocycles. The third kappa shape index (κ3) is 3.77. The van der Waals surface area contributed by atoms with Gasteiger partial charge >= 0.3 is 5.97 Å². The Morgan fingerprint density at radius 1 is 1.14 bits per heavy atom. The smallest absolute Gasteiger partial charge is 0.365 e. The quantitative estimate of drug-likeness (QED) is 0.407. The van der Waals surface area contributed by atoms with E-state index >= 15 is 0 Å². The first kappa shape index (κ1) is 15.9. The summed E-state index contributed by atoms with van der Waals surface area (Å²) in [7, 11) is 1.57. The summed E-state index contributed by atoms with van der Waals surface area (Å²) in [5, 5.41) is 4.13. The fourth-order valence-electron chi connectivity index (χ4n) is 1.68. The Balaban J connectivity index is 2.08. The molecule has 0 radical (unpaired) electrons. The Hall–Kier alpha value is -2.53. The van der Waals surface area contributed by atoms with Crippen LogP contribution in [0.4, 0.5) is 0 Å². The fourth-order valence-corrected chi connectivity index (χ4v) is 1.86. The molecule has 2 N–H and O–H groups in total. The number of carbonyl (C=O) groups excluding carboxylic acids is 1. The number of benzene rings is 2. The maximum atomic E-state index is 11.9. The van der Waals surface area contributed by atoms with Gasteiger partial charge in [0.15, 0.2) is 5.84 Å².